The van der Waals surface area contributed by atoms with Crippen LogP contribution in [-0.4, -0.2) is 27.6 Å². The van der Waals surface area contributed by atoms with Crippen molar-refractivity contribution in [1.82, 2.24) is 19.9 Å². The van der Waals surface area contributed by atoms with Gasteiger partial charge in [-0.15, -0.1) is 0 Å². The van der Waals surface area contributed by atoms with E-state index in [4.69, 9.17) is 9.97 Å². The number of nitrogens with zero attached hydrogens (tertiary/aromatic N) is 3. The van der Waals surface area contributed by atoms with E-state index in [2.05, 4.69) is 92.5 Å². The average Bonchev–Trinajstić information content (AvgIpc) is 3.28. The van der Waals surface area contributed by atoms with Crippen molar-refractivity contribution in [1.29, 1.82) is 0 Å². The Labute approximate surface area is 195 Å². The summed E-state index contributed by atoms with van der Waals surface area (Å²) in [6.45, 7) is 2.08. The van der Waals surface area contributed by atoms with Crippen molar-refractivity contribution in [2.24, 2.45) is 0 Å². The largest absolute Gasteiger partial charge is 0.317 e. The molecule has 0 amide bonds. The Bertz CT molecular complexity index is 1430. The number of imidazole rings is 1. The van der Waals surface area contributed by atoms with Crippen molar-refractivity contribution in [3.8, 4) is 22.3 Å². The average molecular weight is 483 g/mol. The topological polar surface area (TPSA) is 42.7 Å². The first-order valence-corrected chi connectivity index (χ1v) is 11.9. The monoisotopic (exact) mass is 482 g/mol. The summed E-state index contributed by atoms with van der Waals surface area (Å²) >= 11 is 3.63. The predicted molar refractivity (Wildman–Crippen MR) is 135 cm³/mol. The summed E-state index contributed by atoms with van der Waals surface area (Å²) in [7, 11) is 0. The van der Waals surface area contributed by atoms with Crippen molar-refractivity contribution in [2.75, 3.05) is 13.1 Å². The second kappa shape index (κ2) is 8.15. The maximum absolute atomic E-state index is 4.94. The first kappa shape index (κ1) is 19.6. The summed E-state index contributed by atoms with van der Waals surface area (Å²) in [5, 5.41) is 5.93. The maximum Gasteiger partial charge on any atom is 0.160 e. The van der Waals surface area contributed by atoms with Gasteiger partial charge in [0.1, 0.15) is 5.52 Å². The zero-order chi connectivity index (χ0) is 21.5. The molecule has 5 heteroatoms. The fourth-order valence-electron chi connectivity index (χ4n) is 4.84. The van der Waals surface area contributed by atoms with Crippen molar-refractivity contribution in [3.05, 3.63) is 83.7 Å². The Morgan fingerprint density at radius 1 is 0.844 bits per heavy atom. The van der Waals surface area contributed by atoms with Gasteiger partial charge in [-0.05, 0) is 66.0 Å². The van der Waals surface area contributed by atoms with Crippen molar-refractivity contribution < 1.29 is 0 Å². The third kappa shape index (κ3) is 3.42. The van der Waals surface area contributed by atoms with Gasteiger partial charge in [-0.3, -0.25) is 0 Å². The van der Waals surface area contributed by atoms with Crippen LogP contribution in [0.5, 0.6) is 0 Å². The summed E-state index contributed by atoms with van der Waals surface area (Å²) < 4.78 is 3.34. The SMILES string of the molecule is Brc1cccc(-c2cnc3c(ncn3C3CCNCC3)c2-c2ccc3ccccc3c2)c1. The molecule has 6 rings (SSSR count). The van der Waals surface area contributed by atoms with Gasteiger partial charge in [0.15, 0.2) is 5.65 Å². The molecule has 0 saturated carbocycles. The van der Waals surface area contributed by atoms with Crippen LogP contribution >= 0.6 is 15.9 Å². The predicted octanol–water partition coefficient (Wildman–Crippen LogP) is 6.61. The first-order valence-electron chi connectivity index (χ1n) is 11.1. The van der Waals surface area contributed by atoms with Crippen LogP contribution in [0, 0.1) is 0 Å². The number of benzene rings is 3. The number of piperidine rings is 1. The van der Waals surface area contributed by atoms with Gasteiger partial charge in [-0.2, -0.15) is 0 Å². The van der Waals surface area contributed by atoms with E-state index in [1.165, 1.54) is 16.3 Å². The van der Waals surface area contributed by atoms with E-state index in [1.807, 2.05) is 12.5 Å². The van der Waals surface area contributed by atoms with Crippen LogP contribution < -0.4 is 5.32 Å². The van der Waals surface area contributed by atoms with Crippen LogP contribution in [0.4, 0.5) is 0 Å². The van der Waals surface area contributed by atoms with Crippen LogP contribution in [0.3, 0.4) is 0 Å². The molecule has 3 heterocycles. The smallest absolute Gasteiger partial charge is 0.160 e. The van der Waals surface area contributed by atoms with Crippen LogP contribution in [0.1, 0.15) is 18.9 Å². The lowest BCUT2D eigenvalue weighted by Gasteiger charge is -2.24. The zero-order valence-electron chi connectivity index (χ0n) is 17.6. The van der Waals surface area contributed by atoms with E-state index in [-0.39, 0.29) is 0 Å². The quantitative estimate of drug-likeness (QED) is 0.314. The van der Waals surface area contributed by atoms with E-state index in [0.29, 0.717) is 6.04 Å². The Kier molecular flexibility index (Phi) is 5.01. The highest BCUT2D eigenvalue weighted by Crippen LogP contribution is 2.39. The minimum atomic E-state index is 0.440. The standard InChI is InChI=1S/C27H23BrN4/c28-22-7-3-6-20(15-22)24-16-30-27-26(31-17-32(27)23-10-12-29-13-11-23)25(24)21-9-8-18-4-1-2-5-19(18)14-21/h1-9,14-17,23,29H,10-13H2. The van der Waals surface area contributed by atoms with Gasteiger partial charge in [0.2, 0.25) is 0 Å². The number of hydrogen-bond donors (Lipinski definition) is 1. The number of rotatable bonds is 3. The lowest BCUT2D eigenvalue weighted by Crippen LogP contribution is -2.29. The Hall–Kier alpha value is -3.02. The second-order valence-electron chi connectivity index (χ2n) is 8.42. The lowest BCUT2D eigenvalue weighted by atomic mass is 9.94. The minimum absolute atomic E-state index is 0.440. The van der Waals surface area contributed by atoms with Gasteiger partial charge in [-0.1, -0.05) is 64.5 Å². The number of pyridine rings is 1. The van der Waals surface area contributed by atoms with Crippen LogP contribution in [0.15, 0.2) is 83.7 Å². The Balaban J connectivity index is 1.61. The summed E-state index contributed by atoms with van der Waals surface area (Å²) in [6, 6.07) is 24.0. The number of hydrogen-bond acceptors (Lipinski definition) is 3. The molecule has 0 radical (unpaired) electrons. The van der Waals surface area contributed by atoms with E-state index in [0.717, 1.165) is 58.3 Å². The van der Waals surface area contributed by atoms with E-state index >= 15 is 0 Å². The molecule has 0 unspecified atom stereocenters. The van der Waals surface area contributed by atoms with Crippen LogP contribution in [-0.2, 0) is 0 Å². The normalized spacial score (nSPS) is 14.9. The molecule has 1 fully saturated rings. The molecule has 0 spiro atoms. The molecule has 1 aliphatic heterocycles. The fraction of sp³-hybridized carbons (Fsp3) is 0.185. The highest BCUT2D eigenvalue weighted by Gasteiger charge is 2.22. The van der Waals surface area contributed by atoms with Gasteiger partial charge >= 0.3 is 0 Å². The summed E-state index contributed by atoms with van der Waals surface area (Å²) in [6.07, 6.45) is 6.22. The highest BCUT2D eigenvalue weighted by atomic mass is 79.9. The summed E-state index contributed by atoms with van der Waals surface area (Å²) in [5.74, 6) is 0. The molecule has 0 bridgehead atoms. The lowest BCUT2D eigenvalue weighted by molar-refractivity contribution is 0.373. The van der Waals surface area contributed by atoms with Gasteiger partial charge in [0.25, 0.3) is 0 Å². The Morgan fingerprint density at radius 2 is 1.69 bits per heavy atom. The Morgan fingerprint density at radius 3 is 2.53 bits per heavy atom. The maximum atomic E-state index is 4.94. The molecular formula is C27H23BrN4. The molecule has 32 heavy (non-hydrogen) atoms. The van der Waals surface area contributed by atoms with Crippen LogP contribution in [0.2, 0.25) is 0 Å². The molecule has 2 aromatic heterocycles. The minimum Gasteiger partial charge on any atom is -0.317 e. The van der Waals surface area contributed by atoms with Gasteiger partial charge in [-0.25, -0.2) is 9.97 Å². The van der Waals surface area contributed by atoms with Gasteiger partial charge < -0.3 is 9.88 Å². The number of halogens is 1. The molecule has 0 atom stereocenters. The van der Waals surface area contributed by atoms with Crippen molar-refractivity contribution in [2.45, 2.75) is 18.9 Å². The first-order chi connectivity index (χ1) is 15.8. The van der Waals surface area contributed by atoms with Crippen LogP contribution in [0.25, 0.3) is 44.2 Å². The highest BCUT2D eigenvalue weighted by molar-refractivity contribution is 9.10. The molecule has 1 N–H and O–H groups in total. The molecule has 1 aliphatic rings. The molecular weight excluding hydrogens is 460 g/mol. The number of fused-ring (bicyclic) bond motifs is 2. The molecule has 5 aromatic rings. The summed E-state index contributed by atoms with van der Waals surface area (Å²) in [4.78, 5) is 9.86. The molecule has 3 aromatic carbocycles. The zero-order valence-corrected chi connectivity index (χ0v) is 19.2. The van der Waals surface area contributed by atoms with E-state index < -0.39 is 0 Å². The molecule has 0 aliphatic carbocycles. The fourth-order valence-corrected chi connectivity index (χ4v) is 5.24. The van der Waals surface area contributed by atoms with Gasteiger partial charge in [0.05, 0.1) is 6.33 Å². The molecule has 158 valence electrons. The second-order valence-corrected chi connectivity index (χ2v) is 9.34. The van der Waals surface area contributed by atoms with Gasteiger partial charge in [0, 0.05) is 27.8 Å². The van der Waals surface area contributed by atoms with Crippen molar-refractivity contribution >= 4 is 37.9 Å². The molecule has 4 nitrogen and oxygen atoms in total. The van der Waals surface area contributed by atoms with E-state index in [1.54, 1.807) is 0 Å². The third-order valence-corrected chi connectivity index (χ3v) is 6.96. The summed E-state index contributed by atoms with van der Waals surface area (Å²) in [5.41, 5.74) is 6.49. The van der Waals surface area contributed by atoms with Crippen molar-refractivity contribution in [3.63, 3.8) is 0 Å². The third-order valence-electron chi connectivity index (χ3n) is 6.47. The van der Waals surface area contributed by atoms with E-state index in [9.17, 15) is 0 Å². The number of nitrogens with one attached hydrogen (secondary N) is 1. The number of aromatic nitrogens is 3. The molecule has 1 saturated heterocycles.